The highest BCUT2D eigenvalue weighted by molar-refractivity contribution is 5.97. The standard InChI is InChI=1S/C35H55FN8O3/c1-24(2)29(11-10-16-41(9)17-14-31(45)40(7)8)43-21-35(22-43)15-18-42(20-35)32-33(39-38-23-37-32)47-30-13-12-27(36)19-28(30)34(46)44(25(3)4)26(5)6/h12-13,19,23-26,29H,10-11,14-18,20-22H2,1-9H3. The number of hydrogen-bond donors (Lipinski definition) is 0. The predicted molar refractivity (Wildman–Crippen MR) is 182 cm³/mol. The van der Waals surface area contributed by atoms with E-state index in [-0.39, 0.29) is 46.5 Å². The molecule has 2 aliphatic rings. The molecular formula is C35H55FN8O3. The number of aromatic nitrogens is 3. The minimum absolute atomic E-state index is 0.0724. The molecule has 0 aliphatic carbocycles. The molecule has 2 fully saturated rings. The lowest BCUT2D eigenvalue weighted by Gasteiger charge is -2.53. The van der Waals surface area contributed by atoms with Gasteiger partial charge < -0.3 is 24.3 Å². The van der Waals surface area contributed by atoms with E-state index in [0.29, 0.717) is 24.2 Å². The first-order valence-corrected chi connectivity index (χ1v) is 17.1. The minimum Gasteiger partial charge on any atom is -0.434 e. The van der Waals surface area contributed by atoms with Gasteiger partial charge in [-0.3, -0.25) is 14.5 Å². The Labute approximate surface area is 280 Å². The van der Waals surface area contributed by atoms with E-state index in [1.54, 1.807) is 23.9 Å². The maximum atomic E-state index is 14.4. The molecule has 2 amide bonds. The summed E-state index contributed by atoms with van der Waals surface area (Å²) >= 11 is 0. The monoisotopic (exact) mass is 654 g/mol. The zero-order chi connectivity index (χ0) is 34.5. The van der Waals surface area contributed by atoms with E-state index < -0.39 is 5.82 Å². The van der Waals surface area contributed by atoms with Gasteiger partial charge in [-0.2, -0.15) is 0 Å². The summed E-state index contributed by atoms with van der Waals surface area (Å²) in [6.45, 7) is 17.8. The van der Waals surface area contributed by atoms with Crippen LogP contribution in [0, 0.1) is 17.2 Å². The Morgan fingerprint density at radius 3 is 2.36 bits per heavy atom. The molecule has 2 aromatic rings. The van der Waals surface area contributed by atoms with Crippen LogP contribution in [-0.4, -0.2) is 125 Å². The Bertz CT molecular complexity index is 1360. The topological polar surface area (TPSA) is 98.2 Å². The molecule has 47 heavy (non-hydrogen) atoms. The van der Waals surface area contributed by atoms with Crippen molar-refractivity contribution in [1.29, 1.82) is 0 Å². The lowest BCUT2D eigenvalue weighted by molar-refractivity contribution is -0.128. The number of nitrogens with zero attached hydrogens (tertiary/aromatic N) is 8. The van der Waals surface area contributed by atoms with E-state index in [0.717, 1.165) is 58.5 Å². The average Bonchev–Trinajstić information content (AvgIpc) is 3.44. The van der Waals surface area contributed by atoms with Gasteiger partial charge in [-0.25, -0.2) is 9.37 Å². The second-order valence-corrected chi connectivity index (χ2v) is 14.6. The SMILES string of the molecule is CC(C)C(CCCN(C)CCC(=O)N(C)C)N1CC2(CCN(c3ncnnc3Oc3ccc(F)cc3C(=O)N(C(C)C)C(C)C)C2)C1. The van der Waals surface area contributed by atoms with Gasteiger partial charge in [-0.1, -0.05) is 13.8 Å². The average molecular weight is 655 g/mol. The number of benzene rings is 1. The zero-order valence-corrected chi connectivity index (χ0v) is 29.9. The summed E-state index contributed by atoms with van der Waals surface area (Å²) < 4.78 is 20.6. The number of hydrogen-bond acceptors (Lipinski definition) is 9. The maximum Gasteiger partial charge on any atom is 0.282 e. The summed E-state index contributed by atoms with van der Waals surface area (Å²) in [6, 6.07) is 4.35. The van der Waals surface area contributed by atoms with Crippen molar-refractivity contribution in [1.82, 2.24) is 34.8 Å². The van der Waals surface area contributed by atoms with Gasteiger partial charge in [0.05, 0.1) is 5.56 Å². The van der Waals surface area contributed by atoms with Gasteiger partial charge in [-0.05, 0) is 84.7 Å². The van der Waals surface area contributed by atoms with Crippen molar-refractivity contribution in [3.8, 4) is 11.6 Å². The van der Waals surface area contributed by atoms with Crippen molar-refractivity contribution < 1.29 is 18.7 Å². The molecule has 260 valence electrons. The third kappa shape index (κ3) is 8.95. The van der Waals surface area contributed by atoms with Crippen molar-refractivity contribution in [2.45, 2.75) is 85.4 Å². The van der Waals surface area contributed by atoms with Crippen molar-refractivity contribution in [3.63, 3.8) is 0 Å². The second kappa shape index (κ2) is 15.7. The molecule has 1 atom stereocenters. The van der Waals surface area contributed by atoms with E-state index in [1.807, 2.05) is 27.7 Å². The molecule has 0 radical (unpaired) electrons. The van der Waals surface area contributed by atoms with Gasteiger partial charge in [0, 0.05) is 76.8 Å². The summed E-state index contributed by atoms with van der Waals surface area (Å²) in [4.78, 5) is 40.5. The fourth-order valence-corrected chi connectivity index (χ4v) is 7.16. The molecule has 1 aromatic carbocycles. The molecule has 0 bridgehead atoms. The van der Waals surface area contributed by atoms with Crippen molar-refractivity contribution in [2.75, 3.05) is 65.3 Å². The van der Waals surface area contributed by atoms with Gasteiger partial charge in [0.2, 0.25) is 5.91 Å². The molecule has 1 aromatic heterocycles. The van der Waals surface area contributed by atoms with Crippen LogP contribution in [0.3, 0.4) is 0 Å². The van der Waals surface area contributed by atoms with Gasteiger partial charge in [0.25, 0.3) is 11.8 Å². The molecule has 12 heteroatoms. The van der Waals surface area contributed by atoms with Crippen LogP contribution in [0.5, 0.6) is 11.6 Å². The van der Waals surface area contributed by atoms with Gasteiger partial charge in [0.1, 0.15) is 17.9 Å². The van der Waals surface area contributed by atoms with E-state index in [2.05, 4.69) is 50.8 Å². The number of anilines is 1. The fourth-order valence-electron chi connectivity index (χ4n) is 7.16. The van der Waals surface area contributed by atoms with E-state index in [1.165, 1.54) is 24.5 Å². The smallest absolute Gasteiger partial charge is 0.282 e. The number of carbonyl (C=O) groups excluding carboxylic acids is 2. The largest absolute Gasteiger partial charge is 0.434 e. The van der Waals surface area contributed by atoms with E-state index >= 15 is 0 Å². The van der Waals surface area contributed by atoms with E-state index in [9.17, 15) is 14.0 Å². The predicted octanol–water partition coefficient (Wildman–Crippen LogP) is 4.79. The number of likely N-dealkylation sites (tertiary alicyclic amines) is 1. The zero-order valence-electron chi connectivity index (χ0n) is 29.9. The summed E-state index contributed by atoms with van der Waals surface area (Å²) in [5.41, 5.74) is 0.314. The highest BCUT2D eigenvalue weighted by Gasteiger charge is 2.50. The van der Waals surface area contributed by atoms with Crippen molar-refractivity contribution in [2.24, 2.45) is 11.3 Å². The Morgan fingerprint density at radius 1 is 1.02 bits per heavy atom. The number of halogens is 1. The fraction of sp³-hybridized carbons (Fsp3) is 0.686. The number of amides is 2. The number of ether oxygens (including phenoxy) is 1. The van der Waals surface area contributed by atoms with Crippen LogP contribution < -0.4 is 9.64 Å². The summed E-state index contributed by atoms with van der Waals surface area (Å²) in [5.74, 6) is 0.918. The van der Waals surface area contributed by atoms with Crippen molar-refractivity contribution >= 4 is 17.6 Å². The minimum atomic E-state index is -0.509. The summed E-state index contributed by atoms with van der Waals surface area (Å²) in [6.07, 6.45) is 5.23. The molecule has 0 N–H and O–H groups in total. The van der Waals surface area contributed by atoms with Crippen LogP contribution in [0.1, 0.15) is 77.6 Å². The van der Waals surface area contributed by atoms with Crippen LogP contribution in [-0.2, 0) is 4.79 Å². The Morgan fingerprint density at radius 2 is 1.72 bits per heavy atom. The van der Waals surface area contributed by atoms with Crippen LogP contribution in [0.4, 0.5) is 10.2 Å². The van der Waals surface area contributed by atoms with E-state index in [4.69, 9.17) is 4.74 Å². The van der Waals surface area contributed by atoms with Crippen LogP contribution in [0.15, 0.2) is 24.5 Å². The first-order valence-electron chi connectivity index (χ1n) is 17.1. The molecule has 11 nitrogen and oxygen atoms in total. The molecule has 1 spiro atoms. The maximum absolute atomic E-state index is 14.4. The second-order valence-electron chi connectivity index (χ2n) is 14.6. The first-order chi connectivity index (χ1) is 22.2. The van der Waals surface area contributed by atoms with Crippen LogP contribution in [0.25, 0.3) is 0 Å². The number of rotatable bonds is 15. The first kappa shape index (κ1) is 36.5. The normalized spacial score (nSPS) is 16.8. The summed E-state index contributed by atoms with van der Waals surface area (Å²) in [7, 11) is 5.70. The molecular weight excluding hydrogens is 599 g/mol. The molecule has 0 saturated carbocycles. The lowest BCUT2D eigenvalue weighted by Crippen LogP contribution is -2.62. The van der Waals surface area contributed by atoms with Crippen LogP contribution >= 0.6 is 0 Å². The highest BCUT2D eigenvalue weighted by Crippen LogP contribution is 2.44. The number of carbonyl (C=O) groups is 2. The summed E-state index contributed by atoms with van der Waals surface area (Å²) in [5, 5.41) is 8.24. The van der Waals surface area contributed by atoms with Crippen LogP contribution in [0.2, 0.25) is 0 Å². The molecule has 1 unspecified atom stereocenters. The van der Waals surface area contributed by atoms with Gasteiger partial charge in [0.15, 0.2) is 5.82 Å². The third-order valence-electron chi connectivity index (χ3n) is 9.60. The molecule has 2 saturated heterocycles. The quantitative estimate of drug-likeness (QED) is 0.269. The Hall–Kier alpha value is -3.38. The highest BCUT2D eigenvalue weighted by atomic mass is 19.1. The van der Waals surface area contributed by atoms with Crippen molar-refractivity contribution in [3.05, 3.63) is 35.9 Å². The lowest BCUT2D eigenvalue weighted by atomic mass is 9.76. The van der Waals surface area contributed by atoms with Gasteiger partial charge in [-0.15, -0.1) is 10.2 Å². The molecule has 3 heterocycles. The third-order valence-corrected chi connectivity index (χ3v) is 9.60. The molecule has 4 rings (SSSR count). The van der Waals surface area contributed by atoms with Gasteiger partial charge >= 0.3 is 0 Å². The Balaban J connectivity index is 1.39. The Kier molecular flexibility index (Phi) is 12.2. The molecule has 2 aliphatic heterocycles.